The maximum Gasteiger partial charge on any atom is 0.338 e. The zero-order chi connectivity index (χ0) is 12.5. The molecule has 1 aliphatic rings. The lowest BCUT2D eigenvalue weighted by atomic mass is 10.0. The number of carbonyl (C=O) groups is 2. The van der Waals surface area contributed by atoms with Crippen molar-refractivity contribution in [1.82, 2.24) is 4.98 Å². The molecule has 0 atom stereocenters. The third-order valence-corrected chi connectivity index (χ3v) is 2.92. The predicted molar refractivity (Wildman–Crippen MR) is 64.2 cm³/mol. The van der Waals surface area contributed by atoms with E-state index in [2.05, 4.69) is 4.98 Å². The third kappa shape index (κ3) is 1.68. The number of fused-ring (bicyclic) bond motifs is 1. The van der Waals surface area contributed by atoms with Gasteiger partial charge in [-0.1, -0.05) is 12.1 Å². The second kappa shape index (κ2) is 4.07. The molecular formula is C14H9NO3. The average Bonchev–Trinajstić information content (AvgIpc) is 2.80. The van der Waals surface area contributed by atoms with Crippen LogP contribution in [0.25, 0.3) is 11.1 Å². The Balaban J connectivity index is 2.02. The summed E-state index contributed by atoms with van der Waals surface area (Å²) in [5.41, 5.74) is 3.77. The predicted octanol–water partition coefficient (Wildman–Crippen LogP) is 2.23. The summed E-state index contributed by atoms with van der Waals surface area (Å²) in [4.78, 5) is 25.9. The molecule has 2 aromatic rings. The van der Waals surface area contributed by atoms with Crippen molar-refractivity contribution < 1.29 is 14.3 Å². The number of ether oxygens (including phenoxy) is 1. The molecule has 4 heteroatoms. The van der Waals surface area contributed by atoms with Gasteiger partial charge in [-0.05, 0) is 23.8 Å². The highest BCUT2D eigenvalue weighted by Crippen LogP contribution is 2.26. The van der Waals surface area contributed by atoms with E-state index in [1.165, 1.54) is 0 Å². The largest absolute Gasteiger partial charge is 0.457 e. The summed E-state index contributed by atoms with van der Waals surface area (Å²) in [5, 5.41) is 0. The smallest absolute Gasteiger partial charge is 0.338 e. The van der Waals surface area contributed by atoms with Crippen LogP contribution in [0.4, 0.5) is 0 Å². The van der Waals surface area contributed by atoms with Gasteiger partial charge in [-0.3, -0.25) is 9.78 Å². The van der Waals surface area contributed by atoms with Crippen molar-refractivity contribution in [2.24, 2.45) is 0 Å². The monoisotopic (exact) mass is 239 g/mol. The van der Waals surface area contributed by atoms with Crippen molar-refractivity contribution in [2.45, 2.75) is 6.61 Å². The first kappa shape index (κ1) is 10.7. The fourth-order valence-corrected chi connectivity index (χ4v) is 1.96. The van der Waals surface area contributed by atoms with Crippen LogP contribution < -0.4 is 0 Å². The highest BCUT2D eigenvalue weighted by molar-refractivity contribution is 5.94. The number of aromatic nitrogens is 1. The SMILES string of the molecule is O=Cc1ccc(-c2ccc3c(c2)COC3=O)cn1. The minimum Gasteiger partial charge on any atom is -0.457 e. The van der Waals surface area contributed by atoms with Gasteiger partial charge >= 0.3 is 5.97 Å². The van der Waals surface area contributed by atoms with E-state index in [4.69, 9.17) is 4.74 Å². The van der Waals surface area contributed by atoms with Crippen molar-refractivity contribution in [1.29, 1.82) is 0 Å². The first-order valence-corrected chi connectivity index (χ1v) is 5.49. The van der Waals surface area contributed by atoms with Crippen LogP contribution in [-0.2, 0) is 11.3 Å². The first-order chi connectivity index (χ1) is 8.78. The van der Waals surface area contributed by atoms with Crippen molar-refractivity contribution in [2.75, 3.05) is 0 Å². The topological polar surface area (TPSA) is 56.3 Å². The molecule has 0 radical (unpaired) electrons. The zero-order valence-electron chi connectivity index (χ0n) is 9.42. The molecule has 0 N–H and O–H groups in total. The summed E-state index contributed by atoms with van der Waals surface area (Å²) >= 11 is 0. The normalized spacial score (nSPS) is 13.0. The molecule has 0 aliphatic carbocycles. The number of benzene rings is 1. The number of aldehydes is 1. The van der Waals surface area contributed by atoms with Gasteiger partial charge < -0.3 is 4.74 Å². The van der Waals surface area contributed by atoms with Crippen molar-refractivity contribution in [3.63, 3.8) is 0 Å². The summed E-state index contributed by atoms with van der Waals surface area (Å²) in [5.74, 6) is -0.272. The summed E-state index contributed by atoms with van der Waals surface area (Å²) in [7, 11) is 0. The van der Waals surface area contributed by atoms with Gasteiger partial charge in [-0.15, -0.1) is 0 Å². The molecule has 1 aliphatic heterocycles. The lowest BCUT2D eigenvalue weighted by Gasteiger charge is -2.03. The van der Waals surface area contributed by atoms with E-state index < -0.39 is 0 Å². The van der Waals surface area contributed by atoms with Gasteiger partial charge in [-0.25, -0.2) is 4.79 Å². The second-order valence-corrected chi connectivity index (χ2v) is 4.04. The molecule has 3 rings (SSSR count). The zero-order valence-corrected chi connectivity index (χ0v) is 9.42. The van der Waals surface area contributed by atoms with Crippen molar-refractivity contribution >= 4 is 12.3 Å². The lowest BCUT2D eigenvalue weighted by molar-refractivity contribution is 0.0535. The van der Waals surface area contributed by atoms with E-state index in [0.717, 1.165) is 16.7 Å². The third-order valence-electron chi connectivity index (χ3n) is 2.92. The lowest BCUT2D eigenvalue weighted by Crippen LogP contribution is -1.93. The van der Waals surface area contributed by atoms with Crippen LogP contribution in [0.1, 0.15) is 26.4 Å². The van der Waals surface area contributed by atoms with Gasteiger partial charge in [0.2, 0.25) is 0 Å². The molecule has 88 valence electrons. The van der Waals surface area contributed by atoms with Gasteiger partial charge in [0.05, 0.1) is 5.56 Å². The van der Waals surface area contributed by atoms with E-state index in [0.29, 0.717) is 24.2 Å². The number of hydrogen-bond acceptors (Lipinski definition) is 4. The Labute approximate surface area is 103 Å². The van der Waals surface area contributed by atoms with Crippen LogP contribution in [0, 0.1) is 0 Å². The molecule has 0 saturated carbocycles. The molecule has 1 aromatic heterocycles. The average molecular weight is 239 g/mol. The minimum atomic E-state index is -0.272. The van der Waals surface area contributed by atoms with Crippen LogP contribution in [-0.4, -0.2) is 17.2 Å². The van der Waals surface area contributed by atoms with Gasteiger partial charge in [0.25, 0.3) is 0 Å². The van der Waals surface area contributed by atoms with Crippen LogP contribution in [0.3, 0.4) is 0 Å². The van der Waals surface area contributed by atoms with Crippen LogP contribution in [0.5, 0.6) is 0 Å². The van der Waals surface area contributed by atoms with E-state index in [9.17, 15) is 9.59 Å². The molecule has 1 aromatic carbocycles. The van der Waals surface area contributed by atoms with Crippen LogP contribution in [0.2, 0.25) is 0 Å². The van der Waals surface area contributed by atoms with E-state index in [-0.39, 0.29) is 5.97 Å². The molecule has 0 saturated heterocycles. The fourth-order valence-electron chi connectivity index (χ4n) is 1.96. The number of carbonyl (C=O) groups excluding carboxylic acids is 2. The standard InChI is InChI=1S/C14H9NO3/c16-7-12-3-1-10(6-15-12)9-2-4-13-11(5-9)8-18-14(13)17/h1-7H,8H2. The fraction of sp³-hybridized carbons (Fsp3) is 0.0714. The highest BCUT2D eigenvalue weighted by Gasteiger charge is 2.20. The Morgan fingerprint density at radius 2 is 2.00 bits per heavy atom. The Hall–Kier alpha value is -2.49. The minimum absolute atomic E-state index is 0.272. The highest BCUT2D eigenvalue weighted by atomic mass is 16.5. The molecule has 0 amide bonds. The number of hydrogen-bond donors (Lipinski definition) is 0. The summed E-state index contributed by atoms with van der Waals surface area (Å²) < 4.78 is 4.95. The number of esters is 1. The number of nitrogens with zero attached hydrogens (tertiary/aromatic N) is 1. The Kier molecular flexibility index (Phi) is 2.41. The van der Waals surface area contributed by atoms with Crippen molar-refractivity contribution in [3.05, 3.63) is 53.3 Å². The van der Waals surface area contributed by atoms with Gasteiger partial charge in [0.1, 0.15) is 12.3 Å². The molecule has 2 heterocycles. The summed E-state index contributed by atoms with van der Waals surface area (Å²) in [6, 6.07) is 9.02. The second-order valence-electron chi connectivity index (χ2n) is 4.04. The Bertz CT molecular complexity index is 632. The van der Waals surface area contributed by atoms with Crippen LogP contribution in [0.15, 0.2) is 36.5 Å². The molecule has 0 spiro atoms. The Morgan fingerprint density at radius 1 is 1.17 bits per heavy atom. The molecule has 0 fully saturated rings. The summed E-state index contributed by atoms with van der Waals surface area (Å²) in [6.07, 6.45) is 2.35. The first-order valence-electron chi connectivity index (χ1n) is 5.49. The van der Waals surface area contributed by atoms with Crippen LogP contribution >= 0.6 is 0 Å². The maximum atomic E-state index is 11.3. The number of cyclic esters (lactones) is 1. The van der Waals surface area contributed by atoms with Gasteiger partial charge in [0.15, 0.2) is 6.29 Å². The van der Waals surface area contributed by atoms with E-state index in [1.54, 1.807) is 18.3 Å². The molecule has 0 bridgehead atoms. The van der Waals surface area contributed by atoms with Gasteiger partial charge in [0, 0.05) is 17.3 Å². The molecule has 18 heavy (non-hydrogen) atoms. The number of rotatable bonds is 2. The number of pyridine rings is 1. The summed E-state index contributed by atoms with van der Waals surface area (Å²) in [6.45, 7) is 0.321. The molecule has 0 unspecified atom stereocenters. The Morgan fingerprint density at radius 3 is 2.72 bits per heavy atom. The maximum absolute atomic E-state index is 11.3. The van der Waals surface area contributed by atoms with E-state index >= 15 is 0 Å². The molecule has 4 nitrogen and oxygen atoms in total. The van der Waals surface area contributed by atoms with Gasteiger partial charge in [-0.2, -0.15) is 0 Å². The van der Waals surface area contributed by atoms with E-state index in [1.807, 2.05) is 18.2 Å². The molecular weight excluding hydrogens is 230 g/mol. The quantitative estimate of drug-likeness (QED) is 0.595. The van der Waals surface area contributed by atoms with Crippen molar-refractivity contribution in [3.8, 4) is 11.1 Å².